The third-order valence-electron chi connectivity index (χ3n) is 4.21. The van der Waals surface area contributed by atoms with Crippen molar-refractivity contribution in [1.29, 1.82) is 0 Å². The molecule has 8 nitrogen and oxygen atoms in total. The molecule has 0 amide bonds. The molecule has 3 rings (SSSR count). The second kappa shape index (κ2) is 7.96. The van der Waals surface area contributed by atoms with Crippen LogP contribution in [0.25, 0.3) is 11.4 Å². The molecule has 0 radical (unpaired) electrons. The molecule has 142 valence electrons. The number of H-pyrrole nitrogens is 1. The number of nitrogens with two attached hydrogens (primary N) is 1. The lowest BCUT2D eigenvalue weighted by Gasteiger charge is -2.13. The van der Waals surface area contributed by atoms with Crippen molar-refractivity contribution >= 4 is 0 Å². The van der Waals surface area contributed by atoms with E-state index in [0.29, 0.717) is 34.6 Å². The first kappa shape index (κ1) is 18.5. The minimum atomic E-state index is -0.494. The Morgan fingerprint density at radius 2 is 1.41 bits per heavy atom. The van der Waals surface area contributed by atoms with Gasteiger partial charge in [-0.05, 0) is 35.9 Å². The van der Waals surface area contributed by atoms with E-state index in [1.807, 2.05) is 24.3 Å². The van der Waals surface area contributed by atoms with Crippen LogP contribution in [0.4, 0.5) is 0 Å². The van der Waals surface area contributed by atoms with Gasteiger partial charge in [-0.15, -0.1) is 0 Å². The molecule has 0 saturated heterocycles. The number of methoxy groups -OCH3 is 4. The highest BCUT2D eigenvalue weighted by molar-refractivity contribution is 5.61. The van der Waals surface area contributed by atoms with Gasteiger partial charge in [0.1, 0.15) is 5.82 Å². The van der Waals surface area contributed by atoms with E-state index in [-0.39, 0.29) is 0 Å². The van der Waals surface area contributed by atoms with Gasteiger partial charge in [-0.1, -0.05) is 6.07 Å². The van der Waals surface area contributed by atoms with E-state index < -0.39 is 6.04 Å². The van der Waals surface area contributed by atoms with Crippen LogP contribution in [-0.2, 0) is 0 Å². The topological polar surface area (TPSA) is 105 Å². The summed E-state index contributed by atoms with van der Waals surface area (Å²) < 4.78 is 21.2. The van der Waals surface area contributed by atoms with Crippen molar-refractivity contribution < 1.29 is 18.9 Å². The van der Waals surface area contributed by atoms with Crippen LogP contribution >= 0.6 is 0 Å². The van der Waals surface area contributed by atoms with Crippen molar-refractivity contribution in [3.05, 3.63) is 47.8 Å². The molecule has 3 aromatic rings. The lowest BCUT2D eigenvalue weighted by Crippen LogP contribution is -2.14. The molecule has 0 aliphatic heterocycles. The third-order valence-corrected chi connectivity index (χ3v) is 4.21. The molecule has 0 unspecified atom stereocenters. The number of hydrogen-bond acceptors (Lipinski definition) is 7. The lowest BCUT2D eigenvalue weighted by atomic mass is 10.1. The molecule has 1 atom stereocenters. The molecule has 0 fully saturated rings. The Balaban J connectivity index is 1.89. The fourth-order valence-electron chi connectivity index (χ4n) is 2.72. The van der Waals surface area contributed by atoms with E-state index >= 15 is 0 Å². The summed E-state index contributed by atoms with van der Waals surface area (Å²) in [5.41, 5.74) is 7.96. The SMILES string of the molecule is COc1ccc(-c2n[nH]c([C@H](N)c3ccc(OC)c(OC)c3)n2)cc1OC. The van der Waals surface area contributed by atoms with Gasteiger partial charge < -0.3 is 24.7 Å². The monoisotopic (exact) mass is 370 g/mol. The van der Waals surface area contributed by atoms with Gasteiger partial charge in [0.15, 0.2) is 28.8 Å². The van der Waals surface area contributed by atoms with Crippen molar-refractivity contribution in [2.24, 2.45) is 5.73 Å². The Kier molecular flexibility index (Phi) is 5.46. The first-order valence-corrected chi connectivity index (χ1v) is 8.23. The zero-order chi connectivity index (χ0) is 19.4. The van der Waals surface area contributed by atoms with E-state index in [2.05, 4.69) is 15.2 Å². The average molecular weight is 370 g/mol. The zero-order valence-corrected chi connectivity index (χ0v) is 15.6. The van der Waals surface area contributed by atoms with Crippen LogP contribution in [-0.4, -0.2) is 43.6 Å². The van der Waals surface area contributed by atoms with E-state index in [4.69, 9.17) is 24.7 Å². The summed E-state index contributed by atoms with van der Waals surface area (Å²) in [4.78, 5) is 4.53. The van der Waals surface area contributed by atoms with E-state index in [1.54, 1.807) is 40.6 Å². The van der Waals surface area contributed by atoms with Gasteiger partial charge in [0.25, 0.3) is 0 Å². The first-order valence-electron chi connectivity index (χ1n) is 8.23. The molecule has 0 aliphatic carbocycles. The Morgan fingerprint density at radius 3 is 2.04 bits per heavy atom. The second-order valence-electron chi connectivity index (χ2n) is 5.71. The molecule has 0 bridgehead atoms. The largest absolute Gasteiger partial charge is 0.493 e. The third kappa shape index (κ3) is 3.65. The summed E-state index contributed by atoms with van der Waals surface area (Å²) in [6, 6.07) is 10.5. The van der Waals surface area contributed by atoms with Crippen LogP contribution < -0.4 is 24.7 Å². The number of aromatic amines is 1. The van der Waals surface area contributed by atoms with Crippen LogP contribution in [0.2, 0.25) is 0 Å². The molecule has 0 aliphatic rings. The fourth-order valence-corrected chi connectivity index (χ4v) is 2.72. The number of hydrogen-bond donors (Lipinski definition) is 2. The maximum atomic E-state index is 6.35. The molecule has 8 heteroatoms. The van der Waals surface area contributed by atoms with Gasteiger partial charge in [-0.3, -0.25) is 5.10 Å². The summed E-state index contributed by atoms with van der Waals surface area (Å²) in [5, 5.41) is 7.18. The van der Waals surface area contributed by atoms with Crippen molar-refractivity contribution in [2.75, 3.05) is 28.4 Å². The van der Waals surface area contributed by atoms with Gasteiger partial charge in [-0.2, -0.15) is 5.10 Å². The van der Waals surface area contributed by atoms with Crippen molar-refractivity contribution in [3.8, 4) is 34.4 Å². The van der Waals surface area contributed by atoms with Gasteiger partial charge in [0.05, 0.1) is 34.5 Å². The van der Waals surface area contributed by atoms with Crippen LogP contribution in [0.15, 0.2) is 36.4 Å². The number of ether oxygens (including phenoxy) is 4. The minimum Gasteiger partial charge on any atom is -0.493 e. The summed E-state index contributed by atoms with van der Waals surface area (Å²) >= 11 is 0. The van der Waals surface area contributed by atoms with Gasteiger partial charge in [0.2, 0.25) is 0 Å². The van der Waals surface area contributed by atoms with Crippen molar-refractivity contribution in [3.63, 3.8) is 0 Å². The first-order chi connectivity index (χ1) is 13.1. The fraction of sp³-hybridized carbons (Fsp3) is 0.263. The highest BCUT2D eigenvalue weighted by atomic mass is 16.5. The van der Waals surface area contributed by atoms with Gasteiger partial charge in [0, 0.05) is 5.56 Å². The molecule has 0 spiro atoms. The molecule has 27 heavy (non-hydrogen) atoms. The Bertz CT molecular complexity index is 926. The summed E-state index contributed by atoms with van der Waals surface area (Å²) in [7, 11) is 6.34. The predicted octanol–water partition coefficient (Wildman–Crippen LogP) is 2.55. The minimum absolute atomic E-state index is 0.494. The van der Waals surface area contributed by atoms with E-state index in [0.717, 1.165) is 11.1 Å². The zero-order valence-electron chi connectivity index (χ0n) is 15.6. The van der Waals surface area contributed by atoms with Crippen molar-refractivity contribution in [1.82, 2.24) is 15.2 Å². The highest BCUT2D eigenvalue weighted by Gasteiger charge is 2.18. The van der Waals surface area contributed by atoms with E-state index in [1.165, 1.54) is 0 Å². The quantitative estimate of drug-likeness (QED) is 0.658. The number of nitrogens with one attached hydrogen (secondary N) is 1. The summed E-state index contributed by atoms with van der Waals surface area (Å²) in [6.07, 6.45) is 0. The van der Waals surface area contributed by atoms with E-state index in [9.17, 15) is 0 Å². The number of benzene rings is 2. The van der Waals surface area contributed by atoms with Crippen LogP contribution in [0.1, 0.15) is 17.4 Å². The molecule has 1 heterocycles. The maximum absolute atomic E-state index is 6.35. The Labute approximate surface area is 157 Å². The highest BCUT2D eigenvalue weighted by Crippen LogP contribution is 2.33. The maximum Gasteiger partial charge on any atom is 0.181 e. The average Bonchev–Trinajstić information content (AvgIpc) is 3.22. The summed E-state index contributed by atoms with van der Waals surface area (Å²) in [6.45, 7) is 0. The van der Waals surface area contributed by atoms with Gasteiger partial charge >= 0.3 is 0 Å². The van der Waals surface area contributed by atoms with Crippen LogP contribution in [0, 0.1) is 0 Å². The van der Waals surface area contributed by atoms with Crippen molar-refractivity contribution in [2.45, 2.75) is 6.04 Å². The van der Waals surface area contributed by atoms with Gasteiger partial charge in [-0.25, -0.2) is 4.98 Å². The smallest absolute Gasteiger partial charge is 0.181 e. The number of nitrogens with zero attached hydrogens (tertiary/aromatic N) is 2. The van der Waals surface area contributed by atoms with Crippen LogP contribution in [0.5, 0.6) is 23.0 Å². The molecular weight excluding hydrogens is 348 g/mol. The summed E-state index contributed by atoms with van der Waals surface area (Å²) in [5.74, 6) is 3.53. The molecular formula is C19H22N4O4. The number of rotatable bonds is 7. The molecule has 3 N–H and O–H groups in total. The normalized spacial score (nSPS) is 11.7. The molecule has 0 saturated carbocycles. The molecule has 2 aromatic carbocycles. The standard InChI is InChI=1S/C19H22N4O4/c1-24-13-7-5-11(9-15(13)26-3)17(20)19-21-18(22-23-19)12-6-8-14(25-2)16(10-12)27-4/h5-10,17H,20H2,1-4H3,(H,21,22,23)/t17-/m1/s1. The Hall–Kier alpha value is -3.26. The van der Waals surface area contributed by atoms with Crippen LogP contribution in [0.3, 0.4) is 0 Å². The Morgan fingerprint density at radius 1 is 0.815 bits per heavy atom. The second-order valence-corrected chi connectivity index (χ2v) is 5.71. The lowest BCUT2D eigenvalue weighted by molar-refractivity contribution is 0.354. The molecule has 1 aromatic heterocycles. The number of aromatic nitrogens is 3. The predicted molar refractivity (Wildman–Crippen MR) is 100 cm³/mol.